The standard InChI is InChI=1S/C9H12N2O2/c10-5-7-3-1-2-4-8(7)11-6-9(12)13/h1-4,11H,5-6,10H2,(H,12,13). The number of carboxylic acids is 1. The zero-order valence-electron chi connectivity index (χ0n) is 7.16. The van der Waals surface area contributed by atoms with Gasteiger partial charge in [0.25, 0.3) is 0 Å². The molecule has 0 aliphatic heterocycles. The van der Waals surface area contributed by atoms with E-state index in [1.54, 1.807) is 0 Å². The van der Waals surface area contributed by atoms with Crippen LogP contribution in [0.5, 0.6) is 0 Å². The summed E-state index contributed by atoms with van der Waals surface area (Å²) in [6.07, 6.45) is 0. The number of carboxylic acid groups (broad SMARTS) is 1. The minimum absolute atomic E-state index is 0.0863. The minimum Gasteiger partial charge on any atom is -0.480 e. The van der Waals surface area contributed by atoms with Crippen molar-refractivity contribution >= 4 is 11.7 Å². The summed E-state index contributed by atoms with van der Waals surface area (Å²) in [5, 5.41) is 11.2. The minimum atomic E-state index is -0.883. The van der Waals surface area contributed by atoms with Crippen LogP contribution in [0.1, 0.15) is 5.56 Å². The maximum absolute atomic E-state index is 10.3. The fraction of sp³-hybridized carbons (Fsp3) is 0.222. The van der Waals surface area contributed by atoms with Crippen molar-refractivity contribution in [1.29, 1.82) is 0 Å². The predicted octanol–water partition coefficient (Wildman–Crippen LogP) is 0.642. The molecule has 0 spiro atoms. The molecule has 0 heterocycles. The van der Waals surface area contributed by atoms with Gasteiger partial charge in [-0.3, -0.25) is 4.79 Å². The molecule has 1 aromatic rings. The summed E-state index contributed by atoms with van der Waals surface area (Å²) in [4.78, 5) is 10.3. The summed E-state index contributed by atoms with van der Waals surface area (Å²) in [6.45, 7) is 0.319. The molecule has 4 heteroatoms. The maximum Gasteiger partial charge on any atom is 0.322 e. The fourth-order valence-corrected chi connectivity index (χ4v) is 1.04. The molecule has 1 rings (SSSR count). The molecule has 13 heavy (non-hydrogen) atoms. The molecule has 4 N–H and O–H groups in total. The van der Waals surface area contributed by atoms with E-state index in [0.717, 1.165) is 11.3 Å². The van der Waals surface area contributed by atoms with Gasteiger partial charge >= 0.3 is 5.97 Å². The molecule has 1 aromatic carbocycles. The molecule has 4 nitrogen and oxygen atoms in total. The van der Waals surface area contributed by atoms with Crippen molar-refractivity contribution in [2.75, 3.05) is 11.9 Å². The molecule has 0 saturated heterocycles. The van der Waals surface area contributed by atoms with Crippen LogP contribution in [0.2, 0.25) is 0 Å². The molecule has 0 amide bonds. The van der Waals surface area contributed by atoms with Crippen molar-refractivity contribution in [2.24, 2.45) is 5.73 Å². The number of anilines is 1. The van der Waals surface area contributed by atoms with E-state index < -0.39 is 5.97 Å². The van der Waals surface area contributed by atoms with Gasteiger partial charge in [-0.25, -0.2) is 0 Å². The van der Waals surface area contributed by atoms with Gasteiger partial charge in [-0.2, -0.15) is 0 Å². The zero-order chi connectivity index (χ0) is 9.68. The van der Waals surface area contributed by atoms with Crippen molar-refractivity contribution in [3.63, 3.8) is 0 Å². The lowest BCUT2D eigenvalue weighted by atomic mass is 10.2. The van der Waals surface area contributed by atoms with Crippen LogP contribution in [-0.2, 0) is 11.3 Å². The van der Waals surface area contributed by atoms with Gasteiger partial charge in [-0.05, 0) is 11.6 Å². The lowest BCUT2D eigenvalue weighted by molar-refractivity contribution is -0.134. The number of nitrogens with one attached hydrogen (secondary N) is 1. The highest BCUT2D eigenvalue weighted by Crippen LogP contribution is 2.13. The van der Waals surface area contributed by atoms with Gasteiger partial charge in [0.1, 0.15) is 6.54 Å². The lowest BCUT2D eigenvalue weighted by Crippen LogP contribution is -2.14. The smallest absolute Gasteiger partial charge is 0.322 e. The summed E-state index contributed by atoms with van der Waals surface area (Å²) in [5.41, 5.74) is 7.17. The second kappa shape index (κ2) is 4.47. The van der Waals surface area contributed by atoms with Crippen molar-refractivity contribution in [1.82, 2.24) is 0 Å². The first-order chi connectivity index (χ1) is 6.24. The van der Waals surface area contributed by atoms with Gasteiger partial charge in [-0.15, -0.1) is 0 Å². The Hall–Kier alpha value is -1.55. The third kappa shape index (κ3) is 2.76. The Morgan fingerprint density at radius 3 is 2.77 bits per heavy atom. The molecule has 0 aromatic heterocycles. The largest absolute Gasteiger partial charge is 0.480 e. The Labute approximate surface area is 76.4 Å². The van der Waals surface area contributed by atoms with E-state index in [0.29, 0.717) is 6.54 Å². The molecule has 70 valence electrons. The van der Waals surface area contributed by atoms with E-state index >= 15 is 0 Å². The van der Waals surface area contributed by atoms with Crippen LogP contribution in [0.25, 0.3) is 0 Å². The number of aliphatic carboxylic acids is 1. The Bertz CT molecular complexity index is 299. The predicted molar refractivity (Wildman–Crippen MR) is 50.5 cm³/mol. The second-order valence-corrected chi connectivity index (χ2v) is 2.61. The average Bonchev–Trinajstić information content (AvgIpc) is 2.15. The molecule has 0 aliphatic rings. The van der Waals surface area contributed by atoms with Crippen LogP contribution in [0.3, 0.4) is 0 Å². The third-order valence-electron chi connectivity index (χ3n) is 1.67. The van der Waals surface area contributed by atoms with Crippen LogP contribution in [0, 0.1) is 0 Å². The number of para-hydroxylation sites is 1. The molecular weight excluding hydrogens is 168 g/mol. The van der Waals surface area contributed by atoms with Crippen molar-refractivity contribution in [3.8, 4) is 0 Å². The lowest BCUT2D eigenvalue weighted by Gasteiger charge is -2.07. The Morgan fingerprint density at radius 1 is 1.46 bits per heavy atom. The van der Waals surface area contributed by atoms with E-state index in [4.69, 9.17) is 10.8 Å². The fourth-order valence-electron chi connectivity index (χ4n) is 1.04. The highest BCUT2D eigenvalue weighted by molar-refractivity contribution is 5.73. The monoisotopic (exact) mass is 180 g/mol. The summed E-state index contributed by atoms with van der Waals surface area (Å²) in [7, 11) is 0. The molecular formula is C9H12N2O2. The summed E-state index contributed by atoms with van der Waals surface area (Å²) < 4.78 is 0. The number of hydrogen-bond donors (Lipinski definition) is 3. The highest BCUT2D eigenvalue weighted by Gasteiger charge is 2.00. The Kier molecular flexibility index (Phi) is 3.28. The van der Waals surface area contributed by atoms with Crippen LogP contribution in [0.15, 0.2) is 24.3 Å². The van der Waals surface area contributed by atoms with E-state index in [1.165, 1.54) is 0 Å². The van der Waals surface area contributed by atoms with E-state index in [-0.39, 0.29) is 6.54 Å². The van der Waals surface area contributed by atoms with Crippen molar-refractivity contribution in [3.05, 3.63) is 29.8 Å². The molecule has 0 aliphatic carbocycles. The van der Waals surface area contributed by atoms with Crippen molar-refractivity contribution in [2.45, 2.75) is 6.54 Å². The molecule has 0 unspecified atom stereocenters. The van der Waals surface area contributed by atoms with E-state index in [9.17, 15) is 4.79 Å². The first-order valence-corrected chi connectivity index (χ1v) is 3.97. The van der Waals surface area contributed by atoms with E-state index in [2.05, 4.69) is 5.32 Å². The third-order valence-corrected chi connectivity index (χ3v) is 1.67. The van der Waals surface area contributed by atoms with E-state index in [1.807, 2.05) is 24.3 Å². The van der Waals surface area contributed by atoms with Gasteiger partial charge in [0.15, 0.2) is 0 Å². The summed E-state index contributed by atoms with van der Waals surface area (Å²) in [6, 6.07) is 7.38. The quantitative estimate of drug-likeness (QED) is 0.635. The zero-order valence-corrected chi connectivity index (χ0v) is 7.16. The molecule has 0 fully saturated rings. The van der Waals surface area contributed by atoms with Gasteiger partial charge in [-0.1, -0.05) is 18.2 Å². The molecule has 0 radical (unpaired) electrons. The summed E-state index contributed by atoms with van der Waals surface area (Å²) in [5.74, 6) is -0.883. The first kappa shape index (κ1) is 9.54. The van der Waals surface area contributed by atoms with Gasteiger partial charge in [0, 0.05) is 12.2 Å². The summed E-state index contributed by atoms with van der Waals surface area (Å²) >= 11 is 0. The first-order valence-electron chi connectivity index (χ1n) is 3.97. The van der Waals surface area contributed by atoms with Crippen LogP contribution < -0.4 is 11.1 Å². The second-order valence-electron chi connectivity index (χ2n) is 2.61. The maximum atomic E-state index is 10.3. The van der Waals surface area contributed by atoms with Crippen LogP contribution in [-0.4, -0.2) is 17.6 Å². The SMILES string of the molecule is NCc1ccccc1NCC(=O)O. The number of carbonyl (C=O) groups is 1. The van der Waals surface area contributed by atoms with Crippen LogP contribution in [0.4, 0.5) is 5.69 Å². The number of benzene rings is 1. The van der Waals surface area contributed by atoms with Crippen LogP contribution >= 0.6 is 0 Å². The Morgan fingerprint density at radius 2 is 2.15 bits per heavy atom. The van der Waals surface area contributed by atoms with Gasteiger partial charge in [0.2, 0.25) is 0 Å². The number of nitrogens with two attached hydrogens (primary N) is 1. The molecule has 0 saturated carbocycles. The average molecular weight is 180 g/mol. The topological polar surface area (TPSA) is 75.3 Å². The Balaban J connectivity index is 2.69. The number of hydrogen-bond acceptors (Lipinski definition) is 3. The van der Waals surface area contributed by atoms with Gasteiger partial charge in [0.05, 0.1) is 0 Å². The number of rotatable bonds is 4. The van der Waals surface area contributed by atoms with Crippen molar-refractivity contribution < 1.29 is 9.90 Å². The van der Waals surface area contributed by atoms with Gasteiger partial charge < -0.3 is 16.2 Å². The normalized spacial score (nSPS) is 9.62. The molecule has 0 bridgehead atoms. The molecule has 0 atom stereocenters. The highest BCUT2D eigenvalue weighted by atomic mass is 16.4.